The van der Waals surface area contributed by atoms with Crippen LogP contribution in [0.4, 0.5) is 0 Å². The maximum Gasteiger partial charge on any atom is 0.120 e. The molecule has 0 saturated carbocycles. The van der Waals surface area contributed by atoms with Crippen molar-refractivity contribution in [1.29, 1.82) is 5.26 Å². The number of nitrogens with zero attached hydrogens (tertiary/aromatic N) is 2. The first-order valence-corrected chi connectivity index (χ1v) is 3.57. The first kappa shape index (κ1) is 6.44. The normalized spacial score (nSPS) is 21.2. The van der Waals surface area contributed by atoms with Gasteiger partial charge in [0, 0.05) is 6.20 Å². The summed E-state index contributed by atoms with van der Waals surface area (Å²) in [6, 6.07) is 5.80. The second-order valence-electron chi connectivity index (χ2n) is 2.61. The van der Waals surface area contributed by atoms with Gasteiger partial charge in [-0.15, -0.1) is 0 Å². The molecule has 2 heterocycles. The van der Waals surface area contributed by atoms with Gasteiger partial charge in [-0.05, 0) is 12.1 Å². The topological polar surface area (TPSA) is 41.2 Å². The highest BCUT2D eigenvalue weighted by atomic mass is 16.6. The first-order chi connectivity index (χ1) is 5.40. The Morgan fingerprint density at radius 1 is 1.82 bits per heavy atom. The minimum atomic E-state index is 0.342. The smallest absolute Gasteiger partial charge is 0.120 e. The van der Waals surface area contributed by atoms with Gasteiger partial charge in [0.15, 0.2) is 0 Å². The molecule has 1 atom stereocenters. The molecule has 1 saturated heterocycles. The lowest BCUT2D eigenvalue weighted by Gasteiger charge is -1.98. The lowest BCUT2D eigenvalue weighted by atomic mass is 10.4. The van der Waals surface area contributed by atoms with Crippen LogP contribution in [0.3, 0.4) is 0 Å². The molecule has 1 aliphatic heterocycles. The molecule has 56 valence electrons. The molecule has 1 fully saturated rings. The van der Waals surface area contributed by atoms with Gasteiger partial charge in [0.2, 0.25) is 0 Å². The summed E-state index contributed by atoms with van der Waals surface area (Å²) in [6.45, 7) is 1.65. The van der Waals surface area contributed by atoms with Crippen molar-refractivity contribution in [3.05, 3.63) is 24.0 Å². The summed E-state index contributed by atoms with van der Waals surface area (Å²) >= 11 is 0. The van der Waals surface area contributed by atoms with E-state index in [-0.39, 0.29) is 0 Å². The molecule has 0 radical (unpaired) electrons. The van der Waals surface area contributed by atoms with E-state index in [1.54, 1.807) is 0 Å². The van der Waals surface area contributed by atoms with Crippen molar-refractivity contribution >= 4 is 0 Å². The first-order valence-electron chi connectivity index (χ1n) is 3.57. The van der Waals surface area contributed by atoms with Gasteiger partial charge in [0.25, 0.3) is 0 Å². The standard InChI is InChI=1S/C8H8N2O/c9-4-7-2-1-3-10(7)5-8-6-11-8/h1-3,8H,5-6H2. The van der Waals surface area contributed by atoms with Gasteiger partial charge in [-0.1, -0.05) is 0 Å². The molecule has 0 aliphatic carbocycles. The Hall–Kier alpha value is -1.27. The van der Waals surface area contributed by atoms with Crippen LogP contribution in [0.25, 0.3) is 0 Å². The van der Waals surface area contributed by atoms with Crippen LogP contribution >= 0.6 is 0 Å². The van der Waals surface area contributed by atoms with Crippen LogP contribution in [0.2, 0.25) is 0 Å². The molecule has 0 spiro atoms. The van der Waals surface area contributed by atoms with Crippen molar-refractivity contribution in [2.24, 2.45) is 0 Å². The zero-order chi connectivity index (χ0) is 7.68. The van der Waals surface area contributed by atoms with Crippen molar-refractivity contribution < 1.29 is 4.74 Å². The molecule has 3 heteroatoms. The molecule has 1 aromatic heterocycles. The van der Waals surface area contributed by atoms with E-state index in [1.807, 2.05) is 22.9 Å². The van der Waals surface area contributed by atoms with Crippen molar-refractivity contribution in [1.82, 2.24) is 4.57 Å². The van der Waals surface area contributed by atoms with Gasteiger partial charge in [0.1, 0.15) is 11.8 Å². The number of hydrogen-bond donors (Lipinski definition) is 0. The predicted molar refractivity (Wildman–Crippen MR) is 38.9 cm³/mol. The molecule has 1 unspecified atom stereocenters. The lowest BCUT2D eigenvalue weighted by Crippen LogP contribution is -2.04. The Kier molecular flexibility index (Phi) is 1.41. The summed E-state index contributed by atoms with van der Waals surface area (Å²) in [7, 11) is 0. The van der Waals surface area contributed by atoms with E-state index in [0.717, 1.165) is 13.2 Å². The molecule has 0 N–H and O–H groups in total. The molecular formula is C8H8N2O. The SMILES string of the molecule is N#Cc1cccn1CC1CO1. The Balaban J connectivity index is 2.15. The van der Waals surface area contributed by atoms with Crippen LogP contribution in [0.5, 0.6) is 0 Å². The van der Waals surface area contributed by atoms with Crippen LogP contribution in [-0.4, -0.2) is 17.3 Å². The minimum absolute atomic E-state index is 0.342. The summed E-state index contributed by atoms with van der Waals surface area (Å²) in [6.07, 6.45) is 2.25. The van der Waals surface area contributed by atoms with Crippen molar-refractivity contribution in [2.75, 3.05) is 6.61 Å². The molecule has 1 aromatic rings. The monoisotopic (exact) mass is 148 g/mol. The molecule has 0 amide bonds. The Labute approximate surface area is 64.8 Å². The third-order valence-corrected chi connectivity index (χ3v) is 1.75. The van der Waals surface area contributed by atoms with Crippen LogP contribution in [-0.2, 0) is 11.3 Å². The molecule has 2 rings (SSSR count). The highest BCUT2D eigenvalue weighted by molar-refractivity contribution is 5.22. The average molecular weight is 148 g/mol. The number of epoxide rings is 1. The highest BCUT2D eigenvalue weighted by Gasteiger charge is 2.23. The maximum atomic E-state index is 8.63. The van der Waals surface area contributed by atoms with Gasteiger partial charge in [-0.25, -0.2) is 0 Å². The van der Waals surface area contributed by atoms with Crippen LogP contribution in [0.15, 0.2) is 18.3 Å². The quantitative estimate of drug-likeness (QED) is 0.581. The van der Waals surface area contributed by atoms with E-state index in [9.17, 15) is 0 Å². The summed E-state index contributed by atoms with van der Waals surface area (Å²) in [5, 5.41) is 8.63. The van der Waals surface area contributed by atoms with Crippen LogP contribution in [0.1, 0.15) is 5.69 Å². The van der Waals surface area contributed by atoms with Crippen molar-refractivity contribution in [3.63, 3.8) is 0 Å². The van der Waals surface area contributed by atoms with E-state index < -0.39 is 0 Å². The molecule has 3 nitrogen and oxygen atoms in total. The predicted octanol–water partition coefficient (Wildman–Crippen LogP) is 0.759. The number of rotatable bonds is 2. The van der Waals surface area contributed by atoms with Crippen LogP contribution in [0, 0.1) is 11.3 Å². The van der Waals surface area contributed by atoms with Gasteiger partial charge in [-0.2, -0.15) is 5.26 Å². The van der Waals surface area contributed by atoms with E-state index in [1.165, 1.54) is 0 Å². The number of hydrogen-bond acceptors (Lipinski definition) is 2. The average Bonchev–Trinajstić information content (AvgIpc) is 2.68. The maximum absolute atomic E-state index is 8.63. The van der Waals surface area contributed by atoms with Gasteiger partial charge in [-0.3, -0.25) is 0 Å². The fourth-order valence-electron chi connectivity index (χ4n) is 1.07. The third-order valence-electron chi connectivity index (χ3n) is 1.75. The lowest BCUT2D eigenvalue weighted by molar-refractivity contribution is 0.382. The van der Waals surface area contributed by atoms with E-state index in [0.29, 0.717) is 11.8 Å². The summed E-state index contributed by atoms with van der Waals surface area (Å²) < 4.78 is 6.97. The zero-order valence-corrected chi connectivity index (χ0v) is 6.03. The third kappa shape index (κ3) is 1.26. The minimum Gasteiger partial charge on any atom is -0.371 e. The van der Waals surface area contributed by atoms with Crippen molar-refractivity contribution in [2.45, 2.75) is 12.6 Å². The second kappa shape index (κ2) is 2.40. The van der Waals surface area contributed by atoms with Gasteiger partial charge < -0.3 is 9.30 Å². The Bertz CT molecular complexity index is 293. The largest absolute Gasteiger partial charge is 0.371 e. The Morgan fingerprint density at radius 3 is 3.27 bits per heavy atom. The summed E-state index contributed by atoms with van der Waals surface area (Å²) in [4.78, 5) is 0. The molecule has 1 aliphatic rings. The molecule has 0 bridgehead atoms. The number of aromatic nitrogens is 1. The van der Waals surface area contributed by atoms with Gasteiger partial charge >= 0.3 is 0 Å². The summed E-state index contributed by atoms with van der Waals surface area (Å²) in [5.74, 6) is 0. The molecule has 11 heavy (non-hydrogen) atoms. The van der Waals surface area contributed by atoms with Crippen molar-refractivity contribution in [3.8, 4) is 6.07 Å². The Morgan fingerprint density at radius 2 is 2.64 bits per heavy atom. The fraction of sp³-hybridized carbons (Fsp3) is 0.375. The number of ether oxygens (including phenoxy) is 1. The highest BCUT2D eigenvalue weighted by Crippen LogP contribution is 2.13. The van der Waals surface area contributed by atoms with E-state index in [4.69, 9.17) is 10.00 Å². The van der Waals surface area contributed by atoms with E-state index in [2.05, 4.69) is 6.07 Å². The zero-order valence-electron chi connectivity index (χ0n) is 6.03. The van der Waals surface area contributed by atoms with Gasteiger partial charge in [0.05, 0.1) is 19.3 Å². The fourth-order valence-corrected chi connectivity index (χ4v) is 1.07. The molecular weight excluding hydrogens is 140 g/mol. The van der Waals surface area contributed by atoms with Crippen LogP contribution < -0.4 is 0 Å². The summed E-state index contributed by atoms with van der Waals surface area (Å²) in [5.41, 5.74) is 0.709. The van der Waals surface area contributed by atoms with E-state index >= 15 is 0 Å². The molecule has 0 aromatic carbocycles. The number of nitriles is 1. The second-order valence-corrected chi connectivity index (χ2v) is 2.61.